The zero-order valence-electron chi connectivity index (χ0n) is 9.82. The molecule has 0 bridgehead atoms. The molecule has 1 fully saturated rings. The van der Waals surface area contributed by atoms with Crippen LogP contribution in [0.15, 0.2) is 16.7 Å². The molecule has 4 heteroatoms. The maximum absolute atomic E-state index is 5.58. The molecule has 1 aliphatic rings. The molecule has 0 atom stereocenters. The summed E-state index contributed by atoms with van der Waals surface area (Å²) in [6.45, 7) is 2.77. The van der Waals surface area contributed by atoms with Gasteiger partial charge in [-0.15, -0.1) is 0 Å². The first-order chi connectivity index (χ1) is 7.81. The second-order valence-electron chi connectivity index (χ2n) is 4.34. The number of nitrogens with zero attached hydrogens (tertiary/aromatic N) is 1. The van der Waals surface area contributed by atoms with Crippen molar-refractivity contribution in [1.82, 2.24) is 4.90 Å². The van der Waals surface area contributed by atoms with Crippen LogP contribution in [0.4, 0.5) is 0 Å². The number of rotatable bonds is 7. The quantitative estimate of drug-likeness (QED) is 0.710. The Morgan fingerprint density at radius 3 is 3.06 bits per heavy atom. The highest BCUT2D eigenvalue weighted by molar-refractivity contribution is 5.15. The van der Waals surface area contributed by atoms with Crippen LogP contribution < -0.4 is 5.73 Å². The molecule has 0 radical (unpaired) electrons. The van der Waals surface area contributed by atoms with E-state index in [1.54, 1.807) is 6.26 Å². The Morgan fingerprint density at radius 1 is 1.56 bits per heavy atom. The fourth-order valence-corrected chi connectivity index (χ4v) is 1.75. The lowest BCUT2D eigenvalue weighted by atomic mass is 10.2. The molecule has 0 saturated heterocycles. The summed E-state index contributed by atoms with van der Waals surface area (Å²) in [6.07, 6.45) is 4.34. The number of hydrogen-bond donors (Lipinski definition) is 1. The van der Waals surface area contributed by atoms with Gasteiger partial charge in [0.05, 0.1) is 12.9 Å². The van der Waals surface area contributed by atoms with Crippen molar-refractivity contribution in [2.75, 3.05) is 20.2 Å². The Kier molecular flexibility index (Phi) is 3.98. The average Bonchev–Trinajstić information content (AvgIpc) is 3.04. The van der Waals surface area contributed by atoms with Crippen LogP contribution in [0.25, 0.3) is 0 Å². The fraction of sp³-hybridized carbons (Fsp3) is 0.667. The Bertz CT molecular complexity index is 321. The van der Waals surface area contributed by atoms with Crippen LogP contribution >= 0.6 is 0 Å². The van der Waals surface area contributed by atoms with Crippen LogP contribution in [0.5, 0.6) is 0 Å². The molecule has 1 heterocycles. The second kappa shape index (κ2) is 5.48. The van der Waals surface area contributed by atoms with Crippen LogP contribution in [0.3, 0.4) is 0 Å². The Balaban J connectivity index is 1.63. The molecule has 0 amide bonds. The molecule has 0 aromatic carbocycles. The maximum Gasteiger partial charge on any atom is 0.133 e. The summed E-state index contributed by atoms with van der Waals surface area (Å²) in [6, 6.07) is 2.70. The summed E-state index contributed by atoms with van der Waals surface area (Å²) in [5.41, 5.74) is 6.61. The first-order valence-electron chi connectivity index (χ1n) is 5.84. The SMILES string of the molecule is CN(CCOCc1occc1CN)C1CC1. The van der Waals surface area contributed by atoms with Crippen molar-refractivity contribution in [3.05, 3.63) is 23.7 Å². The molecule has 16 heavy (non-hydrogen) atoms. The van der Waals surface area contributed by atoms with E-state index in [0.717, 1.165) is 30.5 Å². The molecule has 90 valence electrons. The van der Waals surface area contributed by atoms with Gasteiger partial charge in [-0.25, -0.2) is 0 Å². The number of likely N-dealkylation sites (N-methyl/N-ethyl adjacent to an activating group) is 1. The van der Waals surface area contributed by atoms with E-state index in [1.807, 2.05) is 6.07 Å². The summed E-state index contributed by atoms with van der Waals surface area (Å²) >= 11 is 0. The third kappa shape index (κ3) is 3.07. The molecule has 0 spiro atoms. The Hall–Kier alpha value is -0.840. The van der Waals surface area contributed by atoms with E-state index < -0.39 is 0 Å². The van der Waals surface area contributed by atoms with Gasteiger partial charge in [0, 0.05) is 24.7 Å². The normalized spacial score (nSPS) is 15.9. The molecular formula is C12H20N2O2. The molecule has 1 saturated carbocycles. The second-order valence-corrected chi connectivity index (χ2v) is 4.34. The van der Waals surface area contributed by atoms with Crippen molar-refractivity contribution in [1.29, 1.82) is 0 Å². The number of ether oxygens (including phenoxy) is 1. The molecule has 0 aliphatic heterocycles. The van der Waals surface area contributed by atoms with Crippen molar-refractivity contribution in [2.24, 2.45) is 5.73 Å². The predicted octanol–water partition coefficient (Wildman–Crippen LogP) is 1.35. The molecule has 0 unspecified atom stereocenters. The average molecular weight is 224 g/mol. The van der Waals surface area contributed by atoms with Crippen LogP contribution in [0.2, 0.25) is 0 Å². The van der Waals surface area contributed by atoms with E-state index >= 15 is 0 Å². The van der Waals surface area contributed by atoms with E-state index in [4.69, 9.17) is 14.9 Å². The van der Waals surface area contributed by atoms with Gasteiger partial charge in [-0.3, -0.25) is 0 Å². The van der Waals surface area contributed by atoms with Gasteiger partial charge < -0.3 is 19.8 Å². The smallest absolute Gasteiger partial charge is 0.133 e. The van der Waals surface area contributed by atoms with Crippen LogP contribution in [-0.2, 0) is 17.9 Å². The third-order valence-corrected chi connectivity index (χ3v) is 3.05. The molecular weight excluding hydrogens is 204 g/mol. The van der Waals surface area contributed by atoms with Crippen LogP contribution in [0.1, 0.15) is 24.2 Å². The van der Waals surface area contributed by atoms with Gasteiger partial charge in [0.15, 0.2) is 0 Å². The molecule has 1 aromatic rings. The van der Waals surface area contributed by atoms with Gasteiger partial charge in [0.1, 0.15) is 12.4 Å². The number of furan rings is 1. The van der Waals surface area contributed by atoms with Gasteiger partial charge in [0.2, 0.25) is 0 Å². The van der Waals surface area contributed by atoms with Gasteiger partial charge in [-0.2, -0.15) is 0 Å². The van der Waals surface area contributed by atoms with Crippen LogP contribution in [0, 0.1) is 0 Å². The lowest BCUT2D eigenvalue weighted by Crippen LogP contribution is -2.25. The van der Waals surface area contributed by atoms with Gasteiger partial charge in [0.25, 0.3) is 0 Å². The molecule has 4 nitrogen and oxygen atoms in total. The van der Waals surface area contributed by atoms with Crippen molar-refractivity contribution in [3.8, 4) is 0 Å². The molecule has 2 rings (SSSR count). The number of hydrogen-bond acceptors (Lipinski definition) is 4. The van der Waals surface area contributed by atoms with E-state index in [0.29, 0.717) is 13.2 Å². The summed E-state index contributed by atoms with van der Waals surface area (Å²) in [5, 5.41) is 0. The van der Waals surface area contributed by atoms with Crippen molar-refractivity contribution < 1.29 is 9.15 Å². The molecule has 1 aromatic heterocycles. The molecule has 2 N–H and O–H groups in total. The zero-order valence-corrected chi connectivity index (χ0v) is 9.82. The third-order valence-electron chi connectivity index (χ3n) is 3.05. The summed E-state index contributed by atoms with van der Waals surface area (Å²) in [4.78, 5) is 2.35. The topological polar surface area (TPSA) is 51.6 Å². The Morgan fingerprint density at radius 2 is 2.38 bits per heavy atom. The van der Waals surface area contributed by atoms with Crippen molar-refractivity contribution in [3.63, 3.8) is 0 Å². The largest absolute Gasteiger partial charge is 0.467 e. The lowest BCUT2D eigenvalue weighted by molar-refractivity contribution is 0.0857. The van der Waals surface area contributed by atoms with E-state index in [1.165, 1.54) is 12.8 Å². The summed E-state index contributed by atoms with van der Waals surface area (Å²) in [7, 11) is 2.15. The molecule has 1 aliphatic carbocycles. The minimum absolute atomic E-state index is 0.511. The van der Waals surface area contributed by atoms with Crippen LogP contribution in [-0.4, -0.2) is 31.1 Å². The Labute approximate surface area is 96.4 Å². The van der Waals surface area contributed by atoms with Gasteiger partial charge in [-0.1, -0.05) is 0 Å². The van der Waals surface area contributed by atoms with Gasteiger partial charge in [-0.05, 0) is 26.0 Å². The van der Waals surface area contributed by atoms with E-state index in [-0.39, 0.29) is 0 Å². The standard InChI is InChI=1S/C12H20N2O2/c1-14(11-2-3-11)5-7-15-9-12-10(8-13)4-6-16-12/h4,6,11H,2-3,5,7-9,13H2,1H3. The highest BCUT2D eigenvalue weighted by Gasteiger charge is 2.25. The predicted molar refractivity (Wildman–Crippen MR) is 61.9 cm³/mol. The van der Waals surface area contributed by atoms with E-state index in [2.05, 4.69) is 11.9 Å². The van der Waals surface area contributed by atoms with Crippen molar-refractivity contribution >= 4 is 0 Å². The lowest BCUT2D eigenvalue weighted by Gasteiger charge is -2.15. The summed E-state index contributed by atoms with van der Waals surface area (Å²) in [5.74, 6) is 0.858. The minimum atomic E-state index is 0.511. The maximum atomic E-state index is 5.58. The monoisotopic (exact) mass is 224 g/mol. The first-order valence-corrected chi connectivity index (χ1v) is 5.84. The van der Waals surface area contributed by atoms with E-state index in [9.17, 15) is 0 Å². The number of nitrogens with two attached hydrogens (primary N) is 1. The van der Waals surface area contributed by atoms with Gasteiger partial charge >= 0.3 is 0 Å². The fourth-order valence-electron chi connectivity index (χ4n) is 1.75. The van der Waals surface area contributed by atoms with Crippen molar-refractivity contribution in [2.45, 2.75) is 32.0 Å². The minimum Gasteiger partial charge on any atom is -0.467 e. The highest BCUT2D eigenvalue weighted by atomic mass is 16.5. The first kappa shape index (κ1) is 11.6. The zero-order chi connectivity index (χ0) is 11.4. The summed E-state index contributed by atoms with van der Waals surface area (Å²) < 4.78 is 10.9. The highest BCUT2D eigenvalue weighted by Crippen LogP contribution is 2.24.